The number of aryl methyl sites for hydroxylation is 1. The van der Waals surface area contributed by atoms with Crippen LogP contribution in [0.2, 0.25) is 0 Å². The smallest absolute Gasteiger partial charge is 0.341 e. The monoisotopic (exact) mass is 554 g/mol. The molecule has 0 aliphatic carbocycles. The van der Waals surface area contributed by atoms with E-state index in [-0.39, 0.29) is 53.8 Å². The molecule has 10 heteroatoms. The van der Waals surface area contributed by atoms with Gasteiger partial charge in [0.05, 0.1) is 25.0 Å². The van der Waals surface area contributed by atoms with E-state index >= 15 is 0 Å². The molecular formula is C26H27BrN4O5. The third-order valence-corrected chi connectivity index (χ3v) is 5.74. The summed E-state index contributed by atoms with van der Waals surface area (Å²) in [6.45, 7) is 7.66. The molecule has 9 nitrogen and oxygen atoms in total. The summed E-state index contributed by atoms with van der Waals surface area (Å²) in [6.07, 6.45) is 8.35. The van der Waals surface area contributed by atoms with Crippen molar-refractivity contribution in [1.82, 2.24) is 14.0 Å². The Kier molecular flexibility index (Phi) is 9.26. The van der Waals surface area contributed by atoms with Crippen LogP contribution >= 0.6 is 15.9 Å². The first-order valence-corrected chi connectivity index (χ1v) is 12.0. The largest absolute Gasteiger partial charge is 0.462 e. The van der Waals surface area contributed by atoms with Crippen LogP contribution in [0.4, 0.5) is 0 Å². The summed E-state index contributed by atoms with van der Waals surface area (Å²) < 4.78 is 14.1. The third kappa shape index (κ3) is 5.95. The highest BCUT2D eigenvalue weighted by molar-refractivity contribution is 9.11. The molecule has 3 heterocycles. The van der Waals surface area contributed by atoms with Crippen molar-refractivity contribution in [3.63, 3.8) is 0 Å². The van der Waals surface area contributed by atoms with Crippen LogP contribution in [-0.4, -0.2) is 46.2 Å². The summed E-state index contributed by atoms with van der Waals surface area (Å²) in [6, 6.07) is 4.99. The molecule has 0 aliphatic heterocycles. The van der Waals surface area contributed by atoms with Crippen molar-refractivity contribution in [3.05, 3.63) is 86.7 Å². The molecule has 0 spiro atoms. The quantitative estimate of drug-likeness (QED) is 0.227. The van der Waals surface area contributed by atoms with E-state index in [1.165, 1.54) is 17.6 Å². The predicted octanol–water partition coefficient (Wildman–Crippen LogP) is 3.62. The Morgan fingerprint density at radius 3 is 2.75 bits per heavy atom. The molecule has 0 unspecified atom stereocenters. The number of allylic oxidation sites excluding steroid dienone is 4. The number of rotatable bonds is 9. The number of hydrogen-bond donors (Lipinski definition) is 0. The molecule has 0 atom stereocenters. The molecule has 1 amide bonds. The average molecular weight is 555 g/mol. The fourth-order valence-corrected chi connectivity index (χ4v) is 3.95. The predicted molar refractivity (Wildman–Crippen MR) is 141 cm³/mol. The first-order valence-electron chi connectivity index (χ1n) is 11.2. The van der Waals surface area contributed by atoms with Gasteiger partial charge in [-0.05, 0) is 31.5 Å². The van der Waals surface area contributed by atoms with Gasteiger partial charge in [0, 0.05) is 24.3 Å². The van der Waals surface area contributed by atoms with E-state index in [9.17, 15) is 14.4 Å². The average Bonchev–Trinajstić information content (AvgIpc) is 2.84. The number of carbonyl (C=O) groups is 2. The van der Waals surface area contributed by atoms with E-state index in [0.29, 0.717) is 10.1 Å². The molecule has 0 aromatic carbocycles. The summed E-state index contributed by atoms with van der Waals surface area (Å²) in [4.78, 5) is 48.3. The Bertz CT molecular complexity index is 1510. The number of methoxy groups -OCH3 is 1. The zero-order chi connectivity index (χ0) is 26.2. The number of carbonyl (C=O) groups excluding carboxylic acids is 2. The van der Waals surface area contributed by atoms with Gasteiger partial charge in [0.1, 0.15) is 16.9 Å². The lowest BCUT2D eigenvalue weighted by molar-refractivity contribution is -0.117. The first-order chi connectivity index (χ1) is 17.3. The second kappa shape index (κ2) is 12.4. The minimum Gasteiger partial charge on any atom is -0.462 e. The minimum atomic E-state index is -0.700. The number of pyridine rings is 2. The van der Waals surface area contributed by atoms with Gasteiger partial charge in [0.25, 0.3) is 11.5 Å². The second-order valence-electron chi connectivity index (χ2n) is 7.70. The highest BCUT2D eigenvalue weighted by atomic mass is 79.9. The summed E-state index contributed by atoms with van der Waals surface area (Å²) >= 11 is 3.36. The Labute approximate surface area is 216 Å². The van der Waals surface area contributed by atoms with E-state index in [1.54, 1.807) is 48.1 Å². The van der Waals surface area contributed by atoms with Gasteiger partial charge in [0.15, 0.2) is 5.49 Å². The van der Waals surface area contributed by atoms with Crippen molar-refractivity contribution in [3.8, 4) is 0 Å². The standard InChI is InChI=1S/C26H27BrN4O5/c1-5-7-8-11-18(27)15-21(32)28-24-20(26(34)36-6-2)16-19-23(30(24)13-14-35-4)29-22-17(3)10-9-12-31(22)25(19)33/h5,7-12,16H,1,6,13-15H2,2-4H3/b8-7-,18-11+,28-24?. The van der Waals surface area contributed by atoms with Crippen LogP contribution in [0.3, 0.4) is 0 Å². The number of fused-ring (bicyclic) bond motifs is 2. The molecule has 3 rings (SSSR count). The summed E-state index contributed by atoms with van der Waals surface area (Å²) in [5.74, 6) is -1.20. The van der Waals surface area contributed by atoms with Crippen molar-refractivity contribution in [2.45, 2.75) is 26.8 Å². The highest BCUT2D eigenvalue weighted by Gasteiger charge is 2.20. The fraction of sp³-hybridized carbons (Fsp3) is 0.269. The zero-order valence-corrected chi connectivity index (χ0v) is 21.9. The molecule has 0 fully saturated rings. The van der Waals surface area contributed by atoms with Crippen LogP contribution in [0.1, 0.15) is 29.3 Å². The summed E-state index contributed by atoms with van der Waals surface area (Å²) in [5.41, 5.74) is 1.23. The molecule has 0 N–H and O–H groups in total. The van der Waals surface area contributed by atoms with Gasteiger partial charge in [-0.25, -0.2) is 9.78 Å². The van der Waals surface area contributed by atoms with Crippen molar-refractivity contribution in [2.24, 2.45) is 4.99 Å². The lowest BCUT2D eigenvalue weighted by Crippen LogP contribution is -2.33. The second-order valence-corrected chi connectivity index (χ2v) is 8.72. The molecule has 0 bridgehead atoms. The van der Waals surface area contributed by atoms with Crippen molar-refractivity contribution < 1.29 is 19.1 Å². The SMILES string of the molecule is C=C/C=C\C=C(\Br)CC(=O)N=c1c(C(=O)OCC)cc2c(=O)n3cccc(C)c3nc2n1CCOC. The topological polar surface area (TPSA) is 104 Å². The normalized spacial score (nSPS) is 12.6. The Hall–Kier alpha value is -3.63. The third-order valence-electron chi connectivity index (χ3n) is 5.19. The van der Waals surface area contributed by atoms with Crippen molar-refractivity contribution >= 4 is 44.5 Å². The molecular weight excluding hydrogens is 528 g/mol. The van der Waals surface area contributed by atoms with Gasteiger partial charge in [0.2, 0.25) is 0 Å². The summed E-state index contributed by atoms with van der Waals surface area (Å²) in [7, 11) is 1.53. The van der Waals surface area contributed by atoms with E-state index in [1.807, 2.05) is 13.0 Å². The van der Waals surface area contributed by atoms with Crippen LogP contribution in [0.15, 0.2) is 69.5 Å². The fourth-order valence-electron chi connectivity index (χ4n) is 3.56. The van der Waals surface area contributed by atoms with Gasteiger partial charge in [-0.1, -0.05) is 52.9 Å². The van der Waals surface area contributed by atoms with Gasteiger partial charge in [-0.3, -0.25) is 14.0 Å². The van der Waals surface area contributed by atoms with Crippen molar-refractivity contribution in [2.75, 3.05) is 20.3 Å². The molecule has 0 saturated heterocycles. The van der Waals surface area contributed by atoms with Crippen LogP contribution in [0, 0.1) is 6.92 Å². The summed E-state index contributed by atoms with van der Waals surface area (Å²) in [5, 5.41) is 0.194. The van der Waals surface area contributed by atoms with Crippen molar-refractivity contribution in [1.29, 1.82) is 0 Å². The number of nitrogens with zero attached hydrogens (tertiary/aromatic N) is 4. The minimum absolute atomic E-state index is 0.00744. The lowest BCUT2D eigenvalue weighted by Gasteiger charge is -2.15. The Morgan fingerprint density at radius 1 is 1.28 bits per heavy atom. The van der Waals surface area contributed by atoms with Gasteiger partial charge in [-0.15, -0.1) is 0 Å². The number of halogens is 1. The first kappa shape index (κ1) is 27.0. The molecule has 36 heavy (non-hydrogen) atoms. The van der Waals surface area contributed by atoms with Gasteiger partial charge < -0.3 is 14.0 Å². The van der Waals surface area contributed by atoms with Crippen LogP contribution in [0.25, 0.3) is 16.7 Å². The van der Waals surface area contributed by atoms with E-state index in [0.717, 1.165) is 5.56 Å². The Morgan fingerprint density at radius 2 is 2.06 bits per heavy atom. The zero-order valence-electron chi connectivity index (χ0n) is 20.4. The number of hydrogen-bond acceptors (Lipinski definition) is 6. The number of ether oxygens (including phenoxy) is 2. The molecule has 188 valence electrons. The van der Waals surface area contributed by atoms with Crippen LogP contribution in [-0.2, 0) is 20.8 Å². The van der Waals surface area contributed by atoms with Crippen LogP contribution in [0.5, 0.6) is 0 Å². The number of amides is 1. The van der Waals surface area contributed by atoms with E-state index < -0.39 is 11.9 Å². The maximum absolute atomic E-state index is 13.4. The van der Waals surface area contributed by atoms with E-state index in [2.05, 4.69) is 27.5 Å². The molecule has 3 aromatic heterocycles. The lowest BCUT2D eigenvalue weighted by atomic mass is 10.2. The van der Waals surface area contributed by atoms with Crippen LogP contribution < -0.4 is 11.0 Å². The molecule has 0 aliphatic rings. The molecule has 3 aromatic rings. The maximum Gasteiger partial charge on any atom is 0.341 e. The number of aromatic nitrogens is 3. The highest BCUT2D eigenvalue weighted by Crippen LogP contribution is 2.15. The van der Waals surface area contributed by atoms with Gasteiger partial charge in [-0.2, -0.15) is 4.99 Å². The van der Waals surface area contributed by atoms with E-state index in [4.69, 9.17) is 14.5 Å². The molecule has 0 radical (unpaired) electrons. The molecule has 0 saturated carbocycles. The van der Waals surface area contributed by atoms with Gasteiger partial charge >= 0.3 is 5.97 Å². The number of esters is 1. The maximum atomic E-state index is 13.4. The Balaban J connectivity index is 2.37.